The molecular formula is C14H29NS. The van der Waals surface area contributed by atoms with Gasteiger partial charge in [-0.25, -0.2) is 0 Å². The molecule has 0 heterocycles. The summed E-state index contributed by atoms with van der Waals surface area (Å²) in [7, 11) is 2.13. The minimum absolute atomic E-state index is 0.724. The van der Waals surface area contributed by atoms with Crippen molar-refractivity contribution in [1.82, 2.24) is 5.32 Å². The van der Waals surface area contributed by atoms with Crippen molar-refractivity contribution in [2.24, 2.45) is 17.8 Å². The maximum atomic E-state index is 3.54. The van der Waals surface area contributed by atoms with Crippen molar-refractivity contribution < 1.29 is 0 Å². The van der Waals surface area contributed by atoms with E-state index in [4.69, 9.17) is 0 Å². The van der Waals surface area contributed by atoms with E-state index >= 15 is 0 Å². The van der Waals surface area contributed by atoms with Crippen LogP contribution in [0.2, 0.25) is 0 Å². The first-order valence-corrected chi connectivity index (χ1v) is 7.88. The molecule has 0 amide bonds. The van der Waals surface area contributed by atoms with Crippen LogP contribution in [-0.4, -0.2) is 24.1 Å². The van der Waals surface area contributed by atoms with Gasteiger partial charge in [0, 0.05) is 11.8 Å². The van der Waals surface area contributed by atoms with Crippen molar-refractivity contribution in [2.45, 2.75) is 58.2 Å². The summed E-state index contributed by atoms with van der Waals surface area (Å²) < 4.78 is 0. The fourth-order valence-corrected chi connectivity index (χ4v) is 3.74. The van der Waals surface area contributed by atoms with E-state index in [9.17, 15) is 0 Å². The largest absolute Gasteiger partial charge is 0.316 e. The van der Waals surface area contributed by atoms with Crippen LogP contribution in [0.1, 0.15) is 47.0 Å². The molecule has 2 heteroatoms. The van der Waals surface area contributed by atoms with Gasteiger partial charge in [0.05, 0.1) is 0 Å². The van der Waals surface area contributed by atoms with E-state index in [1.54, 1.807) is 0 Å². The maximum absolute atomic E-state index is 3.54. The highest BCUT2D eigenvalue weighted by molar-refractivity contribution is 7.99. The third-order valence-corrected chi connectivity index (χ3v) is 5.41. The van der Waals surface area contributed by atoms with Crippen LogP contribution in [0.4, 0.5) is 0 Å². The third-order valence-electron chi connectivity index (χ3n) is 4.19. The van der Waals surface area contributed by atoms with Gasteiger partial charge < -0.3 is 5.32 Å². The second-order valence-electron chi connectivity index (χ2n) is 5.80. The fraction of sp³-hybridized carbons (Fsp3) is 1.00. The molecule has 0 saturated heterocycles. The molecule has 0 aromatic carbocycles. The average molecular weight is 243 g/mol. The van der Waals surface area contributed by atoms with Crippen LogP contribution >= 0.6 is 11.8 Å². The maximum Gasteiger partial charge on any atom is 0.0183 e. The van der Waals surface area contributed by atoms with Crippen molar-refractivity contribution in [2.75, 3.05) is 12.8 Å². The van der Waals surface area contributed by atoms with E-state index in [1.807, 2.05) is 0 Å². The second kappa shape index (κ2) is 6.90. The Morgan fingerprint density at radius 3 is 2.38 bits per heavy atom. The highest BCUT2D eigenvalue weighted by Crippen LogP contribution is 2.35. The summed E-state index contributed by atoms with van der Waals surface area (Å²) >= 11 is 2.10. The first-order chi connectivity index (χ1) is 7.54. The molecule has 0 aromatic rings. The van der Waals surface area contributed by atoms with Gasteiger partial charge in [-0.15, -0.1) is 0 Å². The smallest absolute Gasteiger partial charge is 0.0183 e. The van der Waals surface area contributed by atoms with Gasteiger partial charge in [-0.3, -0.25) is 0 Å². The van der Waals surface area contributed by atoms with Crippen LogP contribution in [0.5, 0.6) is 0 Å². The summed E-state index contributed by atoms with van der Waals surface area (Å²) in [4.78, 5) is 0. The summed E-state index contributed by atoms with van der Waals surface area (Å²) in [6.07, 6.45) is 4.28. The zero-order chi connectivity index (χ0) is 12.1. The Hall–Kier alpha value is 0.310. The fourth-order valence-electron chi connectivity index (χ4n) is 2.71. The van der Waals surface area contributed by atoms with Crippen LogP contribution in [0.3, 0.4) is 0 Å². The Balaban J connectivity index is 2.40. The molecule has 0 aliphatic heterocycles. The van der Waals surface area contributed by atoms with Crippen molar-refractivity contribution in [3.8, 4) is 0 Å². The quantitative estimate of drug-likeness (QED) is 0.788. The molecule has 4 unspecified atom stereocenters. The number of thioether (sulfide) groups is 1. The summed E-state index contributed by atoms with van der Waals surface area (Å²) in [5.41, 5.74) is 0. The SMILES string of the molecule is CNC(CSC(C)C)C1CCC(C)C(C)C1. The summed E-state index contributed by atoms with van der Waals surface area (Å²) in [6.45, 7) is 9.43. The molecule has 1 rings (SSSR count). The monoisotopic (exact) mass is 243 g/mol. The van der Waals surface area contributed by atoms with Gasteiger partial charge in [-0.05, 0) is 42.9 Å². The Kier molecular flexibility index (Phi) is 6.20. The number of rotatable bonds is 5. The first-order valence-electron chi connectivity index (χ1n) is 6.83. The van der Waals surface area contributed by atoms with Gasteiger partial charge in [0.15, 0.2) is 0 Å². The van der Waals surface area contributed by atoms with Crippen LogP contribution in [0.15, 0.2) is 0 Å². The molecule has 0 aromatic heterocycles. The predicted molar refractivity (Wildman–Crippen MR) is 76.1 cm³/mol. The Labute approximate surface area is 106 Å². The minimum Gasteiger partial charge on any atom is -0.316 e. The van der Waals surface area contributed by atoms with Crippen LogP contribution in [0, 0.1) is 17.8 Å². The van der Waals surface area contributed by atoms with Gasteiger partial charge in [0.2, 0.25) is 0 Å². The number of hydrogen-bond donors (Lipinski definition) is 1. The van der Waals surface area contributed by atoms with Crippen molar-refractivity contribution >= 4 is 11.8 Å². The molecule has 96 valence electrons. The molecule has 0 spiro atoms. The van der Waals surface area contributed by atoms with E-state index in [0.29, 0.717) is 0 Å². The molecule has 1 nitrogen and oxygen atoms in total. The lowest BCUT2D eigenvalue weighted by molar-refractivity contribution is 0.181. The van der Waals surface area contributed by atoms with Crippen LogP contribution < -0.4 is 5.32 Å². The molecule has 0 radical (unpaired) electrons. The second-order valence-corrected chi connectivity index (χ2v) is 7.41. The van der Waals surface area contributed by atoms with Crippen molar-refractivity contribution in [1.29, 1.82) is 0 Å². The van der Waals surface area contributed by atoms with Gasteiger partial charge in [0.25, 0.3) is 0 Å². The topological polar surface area (TPSA) is 12.0 Å². The summed E-state index contributed by atoms with van der Waals surface area (Å²) in [6, 6.07) is 0.724. The Bertz CT molecular complexity index is 193. The van der Waals surface area contributed by atoms with E-state index < -0.39 is 0 Å². The summed E-state index contributed by atoms with van der Waals surface area (Å²) in [5.74, 6) is 4.03. The predicted octanol–water partition coefficient (Wildman–Crippen LogP) is 3.79. The zero-order valence-electron chi connectivity index (χ0n) is 11.6. The average Bonchev–Trinajstić information content (AvgIpc) is 2.23. The molecule has 1 aliphatic rings. The van der Waals surface area contributed by atoms with E-state index in [1.165, 1.54) is 25.0 Å². The molecule has 1 aliphatic carbocycles. The Morgan fingerprint density at radius 1 is 1.19 bits per heavy atom. The van der Waals surface area contributed by atoms with E-state index in [0.717, 1.165) is 29.0 Å². The standard InChI is InChI=1S/C14H29NS/c1-10(2)16-9-14(15-5)13-7-6-11(3)12(4)8-13/h10-15H,6-9H2,1-5H3. The minimum atomic E-state index is 0.724. The molecular weight excluding hydrogens is 214 g/mol. The highest BCUT2D eigenvalue weighted by Gasteiger charge is 2.29. The highest BCUT2D eigenvalue weighted by atomic mass is 32.2. The lowest BCUT2D eigenvalue weighted by Gasteiger charge is -2.36. The number of hydrogen-bond acceptors (Lipinski definition) is 2. The molecule has 4 atom stereocenters. The molecule has 1 N–H and O–H groups in total. The Morgan fingerprint density at radius 2 is 1.88 bits per heavy atom. The van der Waals surface area contributed by atoms with Gasteiger partial charge in [0.1, 0.15) is 0 Å². The van der Waals surface area contributed by atoms with Crippen molar-refractivity contribution in [3.05, 3.63) is 0 Å². The normalized spacial score (nSPS) is 33.0. The van der Waals surface area contributed by atoms with Gasteiger partial charge in [-0.1, -0.05) is 34.1 Å². The van der Waals surface area contributed by atoms with Crippen molar-refractivity contribution in [3.63, 3.8) is 0 Å². The molecule has 0 bridgehead atoms. The van der Waals surface area contributed by atoms with Gasteiger partial charge >= 0.3 is 0 Å². The number of nitrogens with one attached hydrogen (secondary N) is 1. The van der Waals surface area contributed by atoms with E-state index in [2.05, 4.69) is 51.8 Å². The first kappa shape index (κ1) is 14.4. The van der Waals surface area contributed by atoms with E-state index in [-0.39, 0.29) is 0 Å². The zero-order valence-corrected chi connectivity index (χ0v) is 12.4. The molecule has 1 fully saturated rings. The third kappa shape index (κ3) is 4.29. The lowest BCUT2D eigenvalue weighted by atomic mass is 9.73. The van der Waals surface area contributed by atoms with Crippen LogP contribution in [-0.2, 0) is 0 Å². The summed E-state index contributed by atoms with van der Waals surface area (Å²) in [5, 5.41) is 4.30. The lowest BCUT2D eigenvalue weighted by Crippen LogP contribution is -2.39. The van der Waals surface area contributed by atoms with Gasteiger partial charge in [-0.2, -0.15) is 11.8 Å². The molecule has 1 saturated carbocycles. The molecule has 16 heavy (non-hydrogen) atoms. The van der Waals surface area contributed by atoms with Crippen LogP contribution in [0.25, 0.3) is 0 Å².